The lowest BCUT2D eigenvalue weighted by Crippen LogP contribution is -2.21. The third-order valence-corrected chi connectivity index (χ3v) is 1.79. The monoisotopic (exact) mass is 174 g/mol. The molecular weight excluding hydrogens is 156 g/mol. The molecule has 0 aliphatic heterocycles. The van der Waals surface area contributed by atoms with E-state index in [0.29, 0.717) is 12.8 Å². The van der Waals surface area contributed by atoms with Crippen LogP contribution in [-0.4, -0.2) is 23.3 Å². The number of rotatable bonds is 5. The molecule has 0 aromatic rings. The van der Waals surface area contributed by atoms with Crippen LogP contribution in [0.4, 0.5) is 0 Å². The van der Waals surface area contributed by atoms with Gasteiger partial charge in [0.05, 0.1) is 6.10 Å². The molecular formula is C9H18O3. The minimum Gasteiger partial charge on any atom is -0.462 e. The van der Waals surface area contributed by atoms with E-state index in [4.69, 9.17) is 4.74 Å². The Bertz CT molecular complexity index is 134. The number of esters is 1. The van der Waals surface area contributed by atoms with Gasteiger partial charge in [0.1, 0.15) is 6.10 Å². The predicted molar refractivity (Wildman–Crippen MR) is 46.8 cm³/mol. The van der Waals surface area contributed by atoms with Crippen molar-refractivity contribution in [3.8, 4) is 0 Å². The molecule has 0 bridgehead atoms. The summed E-state index contributed by atoms with van der Waals surface area (Å²) in [5.74, 6) is -0.273. The smallest absolute Gasteiger partial charge is 0.302 e. The van der Waals surface area contributed by atoms with Gasteiger partial charge in [-0.1, -0.05) is 13.8 Å². The van der Waals surface area contributed by atoms with Crippen LogP contribution in [0, 0.1) is 0 Å². The highest BCUT2D eigenvalue weighted by Gasteiger charge is 2.13. The van der Waals surface area contributed by atoms with Gasteiger partial charge in [-0.3, -0.25) is 4.79 Å². The molecule has 2 atom stereocenters. The van der Waals surface area contributed by atoms with E-state index in [1.165, 1.54) is 6.92 Å². The minimum absolute atomic E-state index is 0.127. The van der Waals surface area contributed by atoms with Gasteiger partial charge < -0.3 is 9.84 Å². The topological polar surface area (TPSA) is 46.5 Å². The molecule has 3 nitrogen and oxygen atoms in total. The number of aliphatic hydroxyl groups is 1. The summed E-state index contributed by atoms with van der Waals surface area (Å²) in [6, 6.07) is 0. The van der Waals surface area contributed by atoms with Crippen LogP contribution >= 0.6 is 0 Å². The SMILES string of the molecule is CC[C@@H](O)C[C@@H](CC)OC(C)=O. The zero-order valence-corrected chi connectivity index (χ0v) is 8.04. The molecule has 1 N–H and O–H groups in total. The molecule has 0 saturated carbocycles. The number of carbonyl (C=O) groups excluding carboxylic acids is 1. The van der Waals surface area contributed by atoms with Crippen LogP contribution in [-0.2, 0) is 9.53 Å². The van der Waals surface area contributed by atoms with Gasteiger partial charge in [0, 0.05) is 13.3 Å². The maximum Gasteiger partial charge on any atom is 0.302 e. The zero-order chi connectivity index (χ0) is 9.56. The fourth-order valence-corrected chi connectivity index (χ4v) is 1.00. The Kier molecular flexibility index (Phi) is 5.72. The predicted octanol–water partition coefficient (Wildman–Crippen LogP) is 1.49. The molecule has 0 spiro atoms. The van der Waals surface area contributed by atoms with E-state index in [2.05, 4.69) is 0 Å². The summed E-state index contributed by atoms with van der Waals surface area (Å²) in [5, 5.41) is 9.28. The van der Waals surface area contributed by atoms with E-state index in [1.54, 1.807) is 0 Å². The lowest BCUT2D eigenvalue weighted by molar-refractivity contribution is -0.147. The van der Waals surface area contributed by atoms with Crippen molar-refractivity contribution in [2.45, 2.75) is 52.2 Å². The van der Waals surface area contributed by atoms with Crippen LogP contribution in [0.2, 0.25) is 0 Å². The second-order valence-corrected chi connectivity index (χ2v) is 2.94. The average molecular weight is 174 g/mol. The van der Waals surface area contributed by atoms with Crippen molar-refractivity contribution in [1.82, 2.24) is 0 Å². The summed E-state index contributed by atoms with van der Waals surface area (Å²) in [6.07, 6.45) is 1.54. The molecule has 0 saturated heterocycles. The highest BCUT2D eigenvalue weighted by Crippen LogP contribution is 2.09. The van der Waals surface area contributed by atoms with Gasteiger partial charge in [-0.05, 0) is 12.8 Å². The van der Waals surface area contributed by atoms with Crippen molar-refractivity contribution < 1.29 is 14.6 Å². The number of carbonyl (C=O) groups is 1. The Morgan fingerprint density at radius 2 is 2.00 bits per heavy atom. The van der Waals surface area contributed by atoms with Crippen molar-refractivity contribution in [2.24, 2.45) is 0 Å². The second-order valence-electron chi connectivity index (χ2n) is 2.94. The Morgan fingerprint density at radius 3 is 2.33 bits per heavy atom. The molecule has 0 aromatic heterocycles. The molecule has 12 heavy (non-hydrogen) atoms. The first-order chi connectivity index (χ1) is 5.60. The van der Waals surface area contributed by atoms with Crippen LogP contribution in [0.5, 0.6) is 0 Å². The van der Waals surface area contributed by atoms with Crippen molar-refractivity contribution >= 4 is 5.97 Å². The summed E-state index contributed by atoms with van der Waals surface area (Å²) in [7, 11) is 0. The molecule has 0 fully saturated rings. The first-order valence-electron chi connectivity index (χ1n) is 4.45. The van der Waals surface area contributed by atoms with Crippen molar-refractivity contribution in [3.63, 3.8) is 0 Å². The van der Waals surface area contributed by atoms with E-state index >= 15 is 0 Å². The molecule has 0 aliphatic rings. The van der Waals surface area contributed by atoms with Gasteiger partial charge in [0.15, 0.2) is 0 Å². The molecule has 0 amide bonds. The van der Waals surface area contributed by atoms with Gasteiger partial charge in [-0.2, -0.15) is 0 Å². The van der Waals surface area contributed by atoms with Crippen molar-refractivity contribution in [3.05, 3.63) is 0 Å². The molecule has 0 aliphatic carbocycles. The highest BCUT2D eigenvalue weighted by molar-refractivity contribution is 5.66. The standard InChI is InChI=1S/C9H18O3/c1-4-8(11)6-9(5-2)12-7(3)10/h8-9,11H,4-6H2,1-3H3/t8-,9-/m1/s1. The third kappa shape index (κ3) is 5.13. The maximum atomic E-state index is 10.6. The maximum absolute atomic E-state index is 10.6. The Labute approximate surface area is 73.7 Å². The summed E-state index contributed by atoms with van der Waals surface area (Å²) >= 11 is 0. The Balaban J connectivity index is 3.74. The number of ether oxygens (including phenoxy) is 1. The van der Waals surface area contributed by atoms with Gasteiger partial charge in [-0.15, -0.1) is 0 Å². The highest BCUT2D eigenvalue weighted by atomic mass is 16.5. The first-order valence-corrected chi connectivity index (χ1v) is 4.45. The van der Waals surface area contributed by atoms with Crippen LogP contribution in [0.15, 0.2) is 0 Å². The summed E-state index contributed by atoms with van der Waals surface area (Å²) in [5.41, 5.74) is 0. The van der Waals surface area contributed by atoms with E-state index in [1.807, 2.05) is 13.8 Å². The zero-order valence-electron chi connectivity index (χ0n) is 8.04. The molecule has 72 valence electrons. The van der Waals surface area contributed by atoms with Gasteiger partial charge in [0.25, 0.3) is 0 Å². The summed E-state index contributed by atoms with van der Waals surface area (Å²) < 4.78 is 4.97. The largest absolute Gasteiger partial charge is 0.462 e. The molecule has 0 rings (SSSR count). The fourth-order valence-electron chi connectivity index (χ4n) is 1.00. The Morgan fingerprint density at radius 1 is 1.42 bits per heavy atom. The quantitative estimate of drug-likeness (QED) is 0.642. The van der Waals surface area contributed by atoms with Crippen molar-refractivity contribution in [2.75, 3.05) is 0 Å². The number of hydrogen-bond acceptors (Lipinski definition) is 3. The first kappa shape index (κ1) is 11.4. The van der Waals surface area contributed by atoms with E-state index in [9.17, 15) is 9.90 Å². The molecule has 3 heteroatoms. The minimum atomic E-state index is -0.353. The lowest BCUT2D eigenvalue weighted by atomic mass is 10.1. The van der Waals surface area contributed by atoms with Crippen LogP contribution in [0.1, 0.15) is 40.0 Å². The molecule has 0 aromatic carbocycles. The summed E-state index contributed by atoms with van der Waals surface area (Å²) in [4.78, 5) is 10.6. The third-order valence-electron chi connectivity index (χ3n) is 1.79. The van der Waals surface area contributed by atoms with Gasteiger partial charge >= 0.3 is 5.97 Å². The van der Waals surface area contributed by atoms with Crippen LogP contribution in [0.3, 0.4) is 0 Å². The van der Waals surface area contributed by atoms with Gasteiger partial charge in [-0.25, -0.2) is 0 Å². The second kappa shape index (κ2) is 6.00. The fraction of sp³-hybridized carbons (Fsp3) is 0.889. The lowest BCUT2D eigenvalue weighted by Gasteiger charge is -2.17. The van der Waals surface area contributed by atoms with Crippen LogP contribution in [0.25, 0.3) is 0 Å². The number of aliphatic hydroxyl groups excluding tert-OH is 1. The average Bonchev–Trinajstić information content (AvgIpc) is 2.02. The number of hydrogen-bond donors (Lipinski definition) is 1. The normalized spacial score (nSPS) is 15.3. The summed E-state index contributed by atoms with van der Waals surface area (Å²) in [6.45, 7) is 5.24. The van der Waals surface area contributed by atoms with E-state index < -0.39 is 0 Å². The molecule has 0 unspecified atom stereocenters. The van der Waals surface area contributed by atoms with Crippen molar-refractivity contribution in [1.29, 1.82) is 0 Å². The van der Waals surface area contributed by atoms with E-state index in [0.717, 1.165) is 6.42 Å². The molecule has 0 radical (unpaired) electrons. The van der Waals surface area contributed by atoms with Crippen LogP contribution < -0.4 is 0 Å². The Hall–Kier alpha value is -0.570. The van der Waals surface area contributed by atoms with Gasteiger partial charge in [0.2, 0.25) is 0 Å². The van der Waals surface area contributed by atoms with E-state index in [-0.39, 0.29) is 18.2 Å². The molecule has 0 heterocycles.